The molecule has 10 heteroatoms. The molecular weight excluding hydrogens is 338 g/mol. The zero-order valence-electron chi connectivity index (χ0n) is 7.79. The van der Waals surface area contributed by atoms with Gasteiger partial charge in [0, 0.05) is 0 Å². The van der Waals surface area contributed by atoms with Gasteiger partial charge in [0.25, 0.3) is 0 Å². The molecule has 0 aromatic carbocycles. The van der Waals surface area contributed by atoms with Gasteiger partial charge in [-0.05, 0) is 0 Å². The van der Waals surface area contributed by atoms with Gasteiger partial charge in [0.1, 0.15) is 0 Å². The predicted octanol–water partition coefficient (Wildman–Crippen LogP) is -4.23. The van der Waals surface area contributed by atoms with Crippen molar-refractivity contribution in [2.75, 3.05) is 6.61 Å². The molecular formula is C6H11O9Sb. The number of aliphatic hydroxyl groups excluding tert-OH is 4. The first kappa shape index (κ1) is 15.7. The molecule has 94 valence electrons. The number of aliphatic hydroxyl groups is 5. The number of carbonyl (C=O) groups is 1. The zero-order chi connectivity index (χ0) is 13.1. The Morgan fingerprint density at radius 3 is 1.94 bits per heavy atom. The van der Waals surface area contributed by atoms with Crippen LogP contribution < -0.4 is 0 Å². The molecule has 0 aromatic heterocycles. The molecule has 16 heavy (non-hydrogen) atoms. The Morgan fingerprint density at radius 1 is 1.25 bits per heavy atom. The third-order valence-corrected chi connectivity index (χ3v) is 4.80. The summed E-state index contributed by atoms with van der Waals surface area (Å²) in [6.07, 6.45) is -6.92. The van der Waals surface area contributed by atoms with E-state index in [1.54, 1.807) is 0 Å². The Labute approximate surface area is 96.3 Å². The molecule has 0 radical (unpaired) electrons. The first-order chi connectivity index (χ1) is 7.19. The monoisotopic (exact) mass is 348 g/mol. The van der Waals surface area contributed by atoms with E-state index in [0.29, 0.717) is 0 Å². The van der Waals surface area contributed by atoms with Crippen LogP contribution in [0.3, 0.4) is 0 Å². The predicted molar refractivity (Wildman–Crippen MR) is 44.8 cm³/mol. The molecule has 0 heterocycles. The fourth-order valence-electron chi connectivity index (χ4n) is 0.869. The minimum absolute atomic E-state index is 1.04. The third-order valence-electron chi connectivity index (χ3n) is 1.91. The number of hydrogen-bond donors (Lipinski definition) is 6. The van der Waals surface area contributed by atoms with Crippen molar-refractivity contribution >= 4 is 26.2 Å². The molecule has 0 aliphatic rings. The quantitative estimate of drug-likeness (QED) is 0.260. The van der Waals surface area contributed by atoms with Gasteiger partial charge < -0.3 is 0 Å². The van der Waals surface area contributed by atoms with Crippen LogP contribution in [-0.4, -0.2) is 85.3 Å². The van der Waals surface area contributed by atoms with Crippen LogP contribution >= 0.6 is 0 Å². The molecule has 4 atom stereocenters. The Balaban J connectivity index is 5.19. The van der Waals surface area contributed by atoms with E-state index in [0.717, 1.165) is 0 Å². The first-order valence-electron chi connectivity index (χ1n) is 3.94. The van der Waals surface area contributed by atoms with Gasteiger partial charge in [-0.2, -0.15) is 0 Å². The van der Waals surface area contributed by atoms with Crippen LogP contribution in [0.25, 0.3) is 0 Å². The number of carboxylic acids is 1. The fraction of sp³-hybridized carbons (Fsp3) is 0.833. The summed E-state index contributed by atoms with van der Waals surface area (Å²) in [5.74, 6) is -2.25. The second-order valence-corrected chi connectivity index (χ2v) is 6.39. The van der Waals surface area contributed by atoms with Gasteiger partial charge in [0.05, 0.1) is 0 Å². The number of aliphatic carboxylic acids is 1. The Morgan fingerprint density at radius 2 is 1.69 bits per heavy atom. The van der Waals surface area contributed by atoms with Crippen molar-refractivity contribution in [2.45, 2.75) is 21.9 Å². The van der Waals surface area contributed by atoms with E-state index in [-0.39, 0.29) is 0 Å². The van der Waals surface area contributed by atoms with E-state index in [1.165, 1.54) is 0 Å². The summed E-state index contributed by atoms with van der Waals surface area (Å²) in [7, 11) is 0. The Hall–Kier alpha value is -0.312. The van der Waals surface area contributed by atoms with Crippen LogP contribution in [0.5, 0.6) is 0 Å². The summed E-state index contributed by atoms with van der Waals surface area (Å²) in [6, 6.07) is 0. The Kier molecular flexibility index (Phi) is 5.74. The van der Waals surface area contributed by atoms with Crippen LogP contribution in [0.4, 0.5) is 0 Å². The van der Waals surface area contributed by atoms with Crippen molar-refractivity contribution in [2.24, 2.45) is 0 Å². The first-order valence-corrected chi connectivity index (χ1v) is 7.31. The normalized spacial score (nSPS) is 20.6. The summed E-state index contributed by atoms with van der Waals surface area (Å²) in [6.45, 7) is -1.04. The van der Waals surface area contributed by atoms with E-state index < -0.39 is 54.6 Å². The molecule has 0 aromatic rings. The zero-order valence-corrected chi connectivity index (χ0v) is 10.3. The van der Waals surface area contributed by atoms with Gasteiger partial charge in [0.2, 0.25) is 0 Å². The topological polar surface area (TPSA) is 173 Å². The fourth-order valence-corrected chi connectivity index (χ4v) is 2.37. The average Bonchev–Trinajstić information content (AvgIpc) is 2.23. The standard InChI is InChI=1S/C6H11O7.2O.Sb/c7-1-2(8)3(9)4(10)5(11)6(12)13;;;/h2-4,7-11H,1H2,(H,12,13);;;/t2-,3-,4+;;;/m1.../s1. The molecule has 0 saturated heterocycles. The third kappa shape index (κ3) is 2.87. The molecule has 0 aliphatic carbocycles. The summed E-state index contributed by atoms with van der Waals surface area (Å²) in [4.78, 5) is 10.5. The van der Waals surface area contributed by atoms with Crippen LogP contribution in [0, 0.1) is 0 Å². The van der Waals surface area contributed by atoms with Gasteiger partial charge >= 0.3 is 96.1 Å². The Bertz CT molecular complexity index is 318. The molecule has 0 bridgehead atoms. The summed E-state index contributed by atoms with van der Waals surface area (Å²) < 4.78 is 17.7. The maximum atomic E-state index is 10.6. The summed E-state index contributed by atoms with van der Waals surface area (Å²) in [5.41, 5.74) is 0. The van der Waals surface area contributed by atoms with Gasteiger partial charge in [-0.25, -0.2) is 0 Å². The number of hydrogen-bond acceptors (Lipinski definition) is 8. The SMILES string of the molecule is O=C(O)[C@](O)([C@@H](O)[C@H](O)[C@H](O)CO)[Sb](=[O])=[O]. The number of rotatable bonds is 6. The van der Waals surface area contributed by atoms with Crippen LogP contribution in [-0.2, 0) is 10.8 Å². The maximum absolute atomic E-state index is 10.6. The van der Waals surface area contributed by atoms with Crippen molar-refractivity contribution in [3.8, 4) is 0 Å². The van der Waals surface area contributed by atoms with E-state index in [9.17, 15) is 21.0 Å². The van der Waals surface area contributed by atoms with Gasteiger partial charge in [-0.3, -0.25) is 0 Å². The summed E-state index contributed by atoms with van der Waals surface area (Å²) in [5, 5.41) is 53.2. The average molecular weight is 349 g/mol. The van der Waals surface area contributed by atoms with Crippen LogP contribution in [0.15, 0.2) is 0 Å². The molecule has 0 aliphatic heterocycles. The second kappa shape index (κ2) is 5.85. The molecule has 6 N–H and O–H groups in total. The molecule has 0 rings (SSSR count). The van der Waals surface area contributed by atoms with Gasteiger partial charge in [-0.1, -0.05) is 0 Å². The van der Waals surface area contributed by atoms with E-state index in [1.807, 2.05) is 0 Å². The molecule has 0 unspecified atom stereocenters. The van der Waals surface area contributed by atoms with E-state index >= 15 is 0 Å². The van der Waals surface area contributed by atoms with Crippen molar-refractivity contribution in [1.29, 1.82) is 0 Å². The molecule has 0 spiro atoms. The van der Waals surface area contributed by atoms with Crippen LogP contribution in [0.2, 0.25) is 0 Å². The number of carboxylic acid groups (broad SMARTS) is 1. The van der Waals surface area contributed by atoms with Gasteiger partial charge in [0.15, 0.2) is 0 Å². The van der Waals surface area contributed by atoms with Crippen molar-refractivity contribution in [1.82, 2.24) is 0 Å². The second-order valence-electron chi connectivity index (χ2n) is 2.97. The molecule has 0 fully saturated rings. The van der Waals surface area contributed by atoms with Crippen molar-refractivity contribution in [3.05, 3.63) is 0 Å². The van der Waals surface area contributed by atoms with Gasteiger partial charge in [-0.15, -0.1) is 0 Å². The molecule has 9 nitrogen and oxygen atoms in total. The van der Waals surface area contributed by atoms with Crippen molar-refractivity contribution < 1.29 is 41.5 Å². The minimum atomic E-state index is -5.21. The molecule has 0 amide bonds. The van der Waals surface area contributed by atoms with E-state index in [2.05, 4.69) is 0 Å². The summed E-state index contributed by atoms with van der Waals surface area (Å²) >= 11 is -5.21. The molecule has 0 saturated carbocycles. The van der Waals surface area contributed by atoms with E-state index in [4.69, 9.17) is 20.4 Å². The van der Waals surface area contributed by atoms with Crippen LogP contribution in [0.1, 0.15) is 0 Å². The van der Waals surface area contributed by atoms with Crippen molar-refractivity contribution in [3.63, 3.8) is 0 Å².